The molecule has 0 bridgehead atoms. The van der Waals surface area contributed by atoms with Crippen LogP contribution in [0.1, 0.15) is 30.9 Å². The molecule has 4 aromatic rings. The number of nitrogens with zero attached hydrogens (tertiary/aromatic N) is 4. The highest BCUT2D eigenvalue weighted by atomic mass is 16.5. The summed E-state index contributed by atoms with van der Waals surface area (Å²) in [5.74, 6) is 1.18. The number of hydrogen-bond acceptors (Lipinski definition) is 6. The van der Waals surface area contributed by atoms with E-state index < -0.39 is 0 Å². The zero-order valence-corrected chi connectivity index (χ0v) is 17.6. The standard InChI is InChI=1S/C24H24N4O3/c1-15(2)17-9-10-23(31-3)19(11-17)18-12-20(22(30)13-21(18)29)24-25-26-27-28(24)14-16-7-5-4-6-8-16/h4-13,15,29-30H,14H2,1-3H3. The summed E-state index contributed by atoms with van der Waals surface area (Å²) in [7, 11) is 1.59. The van der Waals surface area contributed by atoms with Gasteiger partial charge in [0.05, 0.1) is 19.2 Å². The summed E-state index contributed by atoms with van der Waals surface area (Å²) in [5, 5.41) is 33.2. The van der Waals surface area contributed by atoms with E-state index in [1.165, 1.54) is 6.07 Å². The predicted octanol–water partition coefficient (Wildman–Crippen LogP) is 4.60. The Morgan fingerprint density at radius 3 is 2.35 bits per heavy atom. The first-order valence-electron chi connectivity index (χ1n) is 10.0. The molecule has 7 heteroatoms. The number of benzene rings is 3. The van der Waals surface area contributed by atoms with Crippen LogP contribution >= 0.6 is 0 Å². The largest absolute Gasteiger partial charge is 0.507 e. The van der Waals surface area contributed by atoms with E-state index in [4.69, 9.17) is 4.74 Å². The Balaban J connectivity index is 1.83. The van der Waals surface area contributed by atoms with Crippen LogP contribution in [0.3, 0.4) is 0 Å². The summed E-state index contributed by atoms with van der Waals surface area (Å²) in [6, 6.07) is 18.7. The zero-order chi connectivity index (χ0) is 22.0. The zero-order valence-electron chi connectivity index (χ0n) is 17.6. The fourth-order valence-corrected chi connectivity index (χ4v) is 3.53. The Morgan fingerprint density at radius 1 is 0.903 bits per heavy atom. The molecule has 0 aliphatic rings. The van der Waals surface area contributed by atoms with Gasteiger partial charge in [-0.15, -0.1) is 5.10 Å². The van der Waals surface area contributed by atoms with Crippen LogP contribution in [0, 0.1) is 0 Å². The molecule has 0 atom stereocenters. The highest BCUT2D eigenvalue weighted by Gasteiger charge is 2.20. The van der Waals surface area contributed by atoms with Crippen molar-refractivity contribution in [3.63, 3.8) is 0 Å². The van der Waals surface area contributed by atoms with Crippen molar-refractivity contribution < 1.29 is 14.9 Å². The van der Waals surface area contributed by atoms with Crippen LogP contribution in [-0.2, 0) is 6.54 Å². The van der Waals surface area contributed by atoms with Gasteiger partial charge in [0.1, 0.15) is 17.2 Å². The average molecular weight is 416 g/mol. The molecule has 0 spiro atoms. The van der Waals surface area contributed by atoms with E-state index in [0.29, 0.717) is 35.2 Å². The van der Waals surface area contributed by atoms with E-state index in [1.54, 1.807) is 17.9 Å². The fourth-order valence-electron chi connectivity index (χ4n) is 3.53. The summed E-state index contributed by atoms with van der Waals surface area (Å²) < 4.78 is 7.15. The Kier molecular flexibility index (Phi) is 5.58. The van der Waals surface area contributed by atoms with Gasteiger partial charge in [0.15, 0.2) is 5.82 Å². The number of aromatic hydroxyl groups is 2. The third-order valence-electron chi connectivity index (χ3n) is 5.24. The molecule has 1 aromatic heterocycles. The van der Waals surface area contributed by atoms with Gasteiger partial charge in [0.25, 0.3) is 0 Å². The number of methoxy groups -OCH3 is 1. The number of phenols is 2. The lowest BCUT2D eigenvalue weighted by atomic mass is 9.94. The van der Waals surface area contributed by atoms with E-state index in [2.05, 4.69) is 29.4 Å². The maximum atomic E-state index is 10.6. The summed E-state index contributed by atoms with van der Waals surface area (Å²) in [4.78, 5) is 0. The Labute approximate surface area is 180 Å². The van der Waals surface area contributed by atoms with Gasteiger partial charge in [-0.1, -0.05) is 50.2 Å². The lowest BCUT2D eigenvalue weighted by Crippen LogP contribution is -2.04. The number of tetrazole rings is 1. The van der Waals surface area contributed by atoms with Crippen LogP contribution in [-0.4, -0.2) is 37.5 Å². The van der Waals surface area contributed by atoms with Crippen molar-refractivity contribution in [3.05, 3.63) is 71.8 Å². The molecule has 1 heterocycles. The molecule has 0 unspecified atom stereocenters. The van der Waals surface area contributed by atoms with Crippen LogP contribution < -0.4 is 4.74 Å². The molecule has 7 nitrogen and oxygen atoms in total. The molecule has 4 rings (SSSR count). The van der Waals surface area contributed by atoms with Gasteiger partial charge in [-0.25, -0.2) is 4.68 Å². The second kappa shape index (κ2) is 8.47. The summed E-state index contributed by atoms with van der Waals surface area (Å²) in [6.07, 6.45) is 0. The molecule has 0 radical (unpaired) electrons. The van der Waals surface area contributed by atoms with Gasteiger partial charge in [-0.05, 0) is 45.7 Å². The summed E-state index contributed by atoms with van der Waals surface area (Å²) >= 11 is 0. The van der Waals surface area contributed by atoms with Crippen LogP contribution in [0.2, 0.25) is 0 Å². The molecular formula is C24H24N4O3. The summed E-state index contributed by atoms with van der Waals surface area (Å²) in [5.41, 5.74) is 3.82. The van der Waals surface area contributed by atoms with Crippen molar-refractivity contribution in [1.29, 1.82) is 0 Å². The topological polar surface area (TPSA) is 93.3 Å². The van der Waals surface area contributed by atoms with E-state index in [9.17, 15) is 10.2 Å². The van der Waals surface area contributed by atoms with Crippen molar-refractivity contribution >= 4 is 0 Å². The molecule has 31 heavy (non-hydrogen) atoms. The lowest BCUT2D eigenvalue weighted by Gasteiger charge is -2.15. The molecule has 0 amide bonds. The van der Waals surface area contributed by atoms with Gasteiger partial charge in [0, 0.05) is 17.2 Å². The molecule has 0 aliphatic heterocycles. The quantitative estimate of drug-likeness (QED) is 0.477. The number of aromatic nitrogens is 4. The Morgan fingerprint density at radius 2 is 1.65 bits per heavy atom. The molecule has 0 aliphatic carbocycles. The third kappa shape index (κ3) is 4.07. The molecule has 0 saturated carbocycles. The van der Waals surface area contributed by atoms with Crippen LogP contribution in [0.4, 0.5) is 0 Å². The van der Waals surface area contributed by atoms with Crippen molar-refractivity contribution in [3.8, 4) is 39.8 Å². The Bertz CT molecular complexity index is 1200. The second-order valence-corrected chi connectivity index (χ2v) is 7.65. The number of ether oxygens (including phenoxy) is 1. The first kappa shape index (κ1) is 20.4. The van der Waals surface area contributed by atoms with Crippen molar-refractivity contribution in [2.24, 2.45) is 0 Å². The number of hydrogen-bond donors (Lipinski definition) is 2. The molecule has 0 fully saturated rings. The van der Waals surface area contributed by atoms with Crippen LogP contribution in [0.5, 0.6) is 17.2 Å². The number of rotatable bonds is 6. The van der Waals surface area contributed by atoms with Gasteiger partial charge in [-0.2, -0.15) is 0 Å². The van der Waals surface area contributed by atoms with E-state index in [1.807, 2.05) is 48.5 Å². The smallest absolute Gasteiger partial charge is 0.186 e. The predicted molar refractivity (Wildman–Crippen MR) is 118 cm³/mol. The van der Waals surface area contributed by atoms with Gasteiger partial charge in [0.2, 0.25) is 0 Å². The normalized spacial score (nSPS) is 11.1. The molecule has 3 aromatic carbocycles. The molecule has 158 valence electrons. The fraction of sp³-hybridized carbons (Fsp3) is 0.208. The average Bonchev–Trinajstić information content (AvgIpc) is 3.22. The van der Waals surface area contributed by atoms with E-state index in [0.717, 1.165) is 16.7 Å². The monoisotopic (exact) mass is 416 g/mol. The van der Waals surface area contributed by atoms with Crippen molar-refractivity contribution in [2.75, 3.05) is 7.11 Å². The summed E-state index contributed by atoms with van der Waals surface area (Å²) in [6.45, 7) is 4.65. The first-order chi connectivity index (χ1) is 15.0. The minimum atomic E-state index is -0.107. The van der Waals surface area contributed by atoms with E-state index >= 15 is 0 Å². The van der Waals surface area contributed by atoms with Crippen LogP contribution in [0.15, 0.2) is 60.7 Å². The number of phenolic OH excluding ortho intramolecular Hbond substituents is 2. The van der Waals surface area contributed by atoms with Gasteiger partial charge < -0.3 is 14.9 Å². The highest BCUT2D eigenvalue weighted by Crippen LogP contribution is 2.43. The van der Waals surface area contributed by atoms with Gasteiger partial charge in [-0.3, -0.25) is 0 Å². The maximum Gasteiger partial charge on any atom is 0.186 e. The van der Waals surface area contributed by atoms with Gasteiger partial charge >= 0.3 is 0 Å². The second-order valence-electron chi connectivity index (χ2n) is 7.65. The maximum absolute atomic E-state index is 10.6. The lowest BCUT2D eigenvalue weighted by molar-refractivity contribution is 0.415. The third-order valence-corrected chi connectivity index (χ3v) is 5.24. The van der Waals surface area contributed by atoms with Crippen molar-refractivity contribution in [1.82, 2.24) is 20.2 Å². The SMILES string of the molecule is COc1ccc(C(C)C)cc1-c1cc(-c2nnnn2Cc2ccccc2)c(O)cc1O. The minimum absolute atomic E-state index is 0.0532. The Hall–Kier alpha value is -3.87. The molecule has 2 N–H and O–H groups in total. The highest BCUT2D eigenvalue weighted by molar-refractivity contribution is 5.82. The molecule has 0 saturated heterocycles. The minimum Gasteiger partial charge on any atom is -0.507 e. The van der Waals surface area contributed by atoms with Crippen LogP contribution in [0.25, 0.3) is 22.5 Å². The van der Waals surface area contributed by atoms with Crippen molar-refractivity contribution in [2.45, 2.75) is 26.3 Å². The van der Waals surface area contributed by atoms with E-state index in [-0.39, 0.29) is 11.5 Å². The first-order valence-corrected chi connectivity index (χ1v) is 10.0. The molecular weight excluding hydrogens is 392 g/mol.